The van der Waals surface area contributed by atoms with Gasteiger partial charge in [0.1, 0.15) is 12.2 Å². The fourth-order valence-corrected chi connectivity index (χ4v) is 5.78. The zero-order valence-electron chi connectivity index (χ0n) is 18.5. The van der Waals surface area contributed by atoms with Gasteiger partial charge in [0.25, 0.3) is 0 Å². The van der Waals surface area contributed by atoms with Crippen LogP contribution < -0.4 is 10.6 Å². The summed E-state index contributed by atoms with van der Waals surface area (Å²) in [6, 6.07) is 1.51. The molecule has 1 aromatic heterocycles. The number of methoxy groups -OCH3 is 1. The molecule has 3 aliphatic rings. The summed E-state index contributed by atoms with van der Waals surface area (Å²) in [4.78, 5) is 34.5. The van der Waals surface area contributed by atoms with Crippen LogP contribution in [-0.4, -0.2) is 60.6 Å². The van der Waals surface area contributed by atoms with Gasteiger partial charge in [0.05, 0.1) is 29.8 Å². The molecule has 4 rings (SSSR count). The van der Waals surface area contributed by atoms with Gasteiger partial charge in [-0.25, -0.2) is 4.79 Å². The van der Waals surface area contributed by atoms with Crippen LogP contribution in [0.4, 0.5) is 4.79 Å². The molecule has 0 bridgehead atoms. The van der Waals surface area contributed by atoms with Gasteiger partial charge < -0.3 is 15.0 Å². The first-order chi connectivity index (χ1) is 14.7. The number of hydrogen-bond acceptors (Lipinski definition) is 6. The smallest absolute Gasteiger partial charge is 0.407 e. The van der Waals surface area contributed by atoms with Crippen LogP contribution in [0.2, 0.25) is 0 Å². The first kappa shape index (κ1) is 21.8. The van der Waals surface area contributed by atoms with Crippen molar-refractivity contribution in [2.24, 2.45) is 10.9 Å². The number of allylic oxidation sites excluding steroid dienone is 1. The summed E-state index contributed by atoms with van der Waals surface area (Å²) >= 11 is 1.74. The fraction of sp³-hybridized carbons (Fsp3) is 0.522. The number of ether oxygens (including phenoxy) is 1. The van der Waals surface area contributed by atoms with Gasteiger partial charge in [-0.2, -0.15) is 0 Å². The lowest BCUT2D eigenvalue weighted by molar-refractivity contribution is -0.135. The van der Waals surface area contributed by atoms with E-state index in [1.54, 1.807) is 11.3 Å². The maximum Gasteiger partial charge on any atom is 0.407 e. The molecule has 31 heavy (non-hydrogen) atoms. The molecular formula is C23H30N4O3S. The molecule has 0 saturated carbocycles. The van der Waals surface area contributed by atoms with Crippen molar-refractivity contribution in [1.82, 2.24) is 15.5 Å². The van der Waals surface area contributed by atoms with Crippen LogP contribution in [0.25, 0.3) is 5.57 Å². The summed E-state index contributed by atoms with van der Waals surface area (Å²) in [6.45, 7) is 14.7. The molecule has 1 aromatic rings. The SMILES string of the molecule is C=C(C)c1cc2c(s1)C1=NC(C3C(=C)CCN3C(=O)C(NC(=O)OC)C(C)C)NC1C2. The largest absolute Gasteiger partial charge is 0.453 e. The molecular weight excluding hydrogens is 412 g/mol. The van der Waals surface area contributed by atoms with Crippen molar-refractivity contribution < 1.29 is 14.3 Å². The van der Waals surface area contributed by atoms with E-state index in [9.17, 15) is 9.59 Å². The van der Waals surface area contributed by atoms with Crippen molar-refractivity contribution in [3.8, 4) is 0 Å². The lowest BCUT2D eigenvalue weighted by atomic mass is 10.0. The molecule has 1 fully saturated rings. The molecule has 7 nitrogen and oxygen atoms in total. The Morgan fingerprint density at radius 2 is 2.16 bits per heavy atom. The zero-order valence-corrected chi connectivity index (χ0v) is 19.3. The van der Waals surface area contributed by atoms with Gasteiger partial charge in [-0.1, -0.05) is 27.0 Å². The van der Waals surface area contributed by atoms with E-state index >= 15 is 0 Å². The highest BCUT2D eigenvalue weighted by atomic mass is 32.1. The molecule has 1 aliphatic carbocycles. The third kappa shape index (κ3) is 3.83. The molecule has 166 valence electrons. The van der Waals surface area contributed by atoms with E-state index in [1.165, 1.54) is 22.4 Å². The van der Waals surface area contributed by atoms with Crippen LogP contribution in [0.15, 0.2) is 29.8 Å². The Kier molecular flexibility index (Phi) is 5.79. The Morgan fingerprint density at radius 1 is 1.42 bits per heavy atom. The predicted molar refractivity (Wildman–Crippen MR) is 123 cm³/mol. The Hall–Kier alpha value is -2.45. The number of thiophene rings is 1. The number of likely N-dealkylation sites (tertiary alicyclic amines) is 1. The molecule has 1 saturated heterocycles. The molecule has 2 aliphatic heterocycles. The minimum atomic E-state index is -0.656. The number of hydrogen-bond donors (Lipinski definition) is 2. The number of rotatable bonds is 5. The Labute approximate surface area is 187 Å². The van der Waals surface area contributed by atoms with Gasteiger partial charge in [0.15, 0.2) is 0 Å². The molecule has 3 heterocycles. The second-order valence-corrected chi connectivity index (χ2v) is 9.92. The molecule has 8 heteroatoms. The normalized spacial score (nSPS) is 25.3. The first-order valence-corrected chi connectivity index (χ1v) is 11.5. The van der Waals surface area contributed by atoms with E-state index in [0.29, 0.717) is 6.54 Å². The van der Waals surface area contributed by atoms with Gasteiger partial charge in [-0.15, -0.1) is 11.3 Å². The van der Waals surface area contributed by atoms with E-state index in [2.05, 4.69) is 29.9 Å². The Morgan fingerprint density at radius 3 is 2.81 bits per heavy atom. The second kappa shape index (κ2) is 8.24. The minimum absolute atomic E-state index is 0.0717. The molecule has 2 N–H and O–H groups in total. The maximum atomic E-state index is 13.4. The number of alkyl carbamates (subject to hydrolysis) is 1. The minimum Gasteiger partial charge on any atom is -0.453 e. The topological polar surface area (TPSA) is 83.0 Å². The summed E-state index contributed by atoms with van der Waals surface area (Å²) in [5.74, 6) is -0.193. The third-order valence-electron chi connectivity index (χ3n) is 6.27. The third-order valence-corrected chi connectivity index (χ3v) is 7.63. The molecule has 2 amide bonds. The number of nitrogens with one attached hydrogen (secondary N) is 2. The Balaban J connectivity index is 1.57. The molecule has 0 radical (unpaired) electrons. The van der Waals surface area contributed by atoms with Gasteiger partial charge in [0, 0.05) is 11.4 Å². The van der Waals surface area contributed by atoms with Crippen molar-refractivity contribution in [3.63, 3.8) is 0 Å². The van der Waals surface area contributed by atoms with E-state index in [-0.39, 0.29) is 30.1 Å². The maximum absolute atomic E-state index is 13.4. The number of fused-ring (bicyclic) bond motifs is 3. The fourth-order valence-electron chi connectivity index (χ4n) is 4.61. The van der Waals surface area contributed by atoms with Crippen molar-refractivity contribution in [2.75, 3.05) is 13.7 Å². The average Bonchev–Trinajstić information content (AvgIpc) is 3.45. The van der Waals surface area contributed by atoms with E-state index in [0.717, 1.165) is 29.7 Å². The summed E-state index contributed by atoms with van der Waals surface area (Å²) in [5.41, 5.74) is 4.46. The lowest BCUT2D eigenvalue weighted by Gasteiger charge is -2.33. The lowest BCUT2D eigenvalue weighted by Crippen LogP contribution is -2.56. The van der Waals surface area contributed by atoms with E-state index in [4.69, 9.17) is 9.73 Å². The monoisotopic (exact) mass is 442 g/mol. The number of nitrogens with zero attached hydrogens (tertiary/aromatic N) is 2. The van der Waals surface area contributed by atoms with Gasteiger partial charge >= 0.3 is 6.09 Å². The number of carbonyl (C=O) groups excluding carboxylic acids is 2. The highest BCUT2D eigenvalue weighted by Crippen LogP contribution is 2.38. The van der Waals surface area contributed by atoms with Gasteiger partial charge in [-0.05, 0) is 48.5 Å². The van der Waals surface area contributed by atoms with E-state index in [1.807, 2.05) is 25.7 Å². The first-order valence-electron chi connectivity index (χ1n) is 10.7. The average molecular weight is 443 g/mol. The van der Waals surface area contributed by atoms with Crippen LogP contribution >= 0.6 is 11.3 Å². The van der Waals surface area contributed by atoms with Crippen LogP contribution in [0, 0.1) is 5.92 Å². The standard InChI is InChI=1S/C23H30N4O3S/c1-11(2)16-10-14-9-15-18(20(14)31-16)25-21(24-15)19-13(5)7-8-27(19)22(28)17(12(3)4)26-23(29)30-6/h10,12,15,17,19,21,24H,1,5,7-9H2,2-4,6H3,(H,26,29). The highest BCUT2D eigenvalue weighted by Gasteiger charge is 2.46. The zero-order chi connectivity index (χ0) is 22.4. The number of carbonyl (C=O) groups is 2. The van der Waals surface area contributed by atoms with Crippen LogP contribution in [0.5, 0.6) is 0 Å². The highest BCUT2D eigenvalue weighted by molar-refractivity contribution is 7.15. The van der Waals surface area contributed by atoms with E-state index < -0.39 is 12.1 Å². The predicted octanol–water partition coefficient (Wildman–Crippen LogP) is 2.96. The second-order valence-electron chi connectivity index (χ2n) is 8.87. The molecule has 4 atom stereocenters. The summed E-state index contributed by atoms with van der Waals surface area (Å²) in [5, 5.41) is 6.32. The Bertz CT molecular complexity index is 979. The molecule has 4 unspecified atom stereocenters. The van der Waals surface area contributed by atoms with Gasteiger partial charge in [0.2, 0.25) is 5.91 Å². The number of aliphatic imine (C=N–C) groups is 1. The molecule has 0 spiro atoms. The summed E-state index contributed by atoms with van der Waals surface area (Å²) in [6.07, 6.45) is 0.805. The summed E-state index contributed by atoms with van der Waals surface area (Å²) in [7, 11) is 1.30. The van der Waals surface area contributed by atoms with Crippen LogP contribution in [0.3, 0.4) is 0 Å². The quantitative estimate of drug-likeness (QED) is 0.687. The number of amides is 2. The van der Waals surface area contributed by atoms with Crippen molar-refractivity contribution in [3.05, 3.63) is 40.1 Å². The van der Waals surface area contributed by atoms with Crippen LogP contribution in [0.1, 0.15) is 42.5 Å². The van der Waals surface area contributed by atoms with Crippen molar-refractivity contribution >= 4 is 34.6 Å². The van der Waals surface area contributed by atoms with Crippen molar-refractivity contribution in [1.29, 1.82) is 0 Å². The molecule has 0 aromatic carbocycles. The van der Waals surface area contributed by atoms with Crippen LogP contribution in [-0.2, 0) is 16.0 Å². The van der Waals surface area contributed by atoms with Gasteiger partial charge in [-0.3, -0.25) is 15.1 Å². The van der Waals surface area contributed by atoms with Crippen molar-refractivity contribution in [2.45, 2.75) is 57.9 Å². The summed E-state index contributed by atoms with van der Waals surface area (Å²) < 4.78 is 4.72.